The Morgan fingerprint density at radius 2 is 1.82 bits per heavy atom. The van der Waals surface area contributed by atoms with Crippen LogP contribution in [0.25, 0.3) is 10.9 Å². The zero-order valence-electron chi connectivity index (χ0n) is 22.7. The van der Waals surface area contributed by atoms with Gasteiger partial charge >= 0.3 is 0 Å². The van der Waals surface area contributed by atoms with Gasteiger partial charge in [0.2, 0.25) is 11.8 Å². The van der Waals surface area contributed by atoms with Crippen LogP contribution in [0.15, 0.2) is 72.8 Å². The maximum absolute atomic E-state index is 14.0. The van der Waals surface area contributed by atoms with E-state index in [0.29, 0.717) is 24.3 Å². The van der Waals surface area contributed by atoms with Gasteiger partial charge in [-0.15, -0.1) is 0 Å². The summed E-state index contributed by atoms with van der Waals surface area (Å²) in [5, 5.41) is 6.99. The van der Waals surface area contributed by atoms with Gasteiger partial charge in [0.05, 0.1) is 13.2 Å². The number of ether oxygens (including phenoxy) is 1. The molecule has 2 aliphatic heterocycles. The third kappa shape index (κ3) is 4.29. The van der Waals surface area contributed by atoms with E-state index < -0.39 is 18.1 Å². The molecule has 0 radical (unpaired) electrons. The number of fused-ring (bicyclic) bond motifs is 7. The summed E-state index contributed by atoms with van der Waals surface area (Å²) in [7, 11) is 1.60. The van der Waals surface area contributed by atoms with Gasteiger partial charge in [0.25, 0.3) is 5.91 Å². The molecule has 0 saturated carbocycles. The number of methoxy groups -OCH3 is 1. The number of para-hydroxylation sites is 1. The van der Waals surface area contributed by atoms with Gasteiger partial charge in [-0.2, -0.15) is 0 Å². The molecular weight excluding hydrogens is 504 g/mol. The second kappa shape index (κ2) is 10.2. The number of hydrogen-bond donors (Lipinski definition) is 3. The summed E-state index contributed by atoms with van der Waals surface area (Å²) < 4.78 is 5.28. The number of H-pyrrole nitrogens is 1. The van der Waals surface area contributed by atoms with Gasteiger partial charge in [0.15, 0.2) is 0 Å². The maximum atomic E-state index is 14.0. The van der Waals surface area contributed by atoms with Gasteiger partial charge in [-0.05, 0) is 46.9 Å². The third-order valence-electron chi connectivity index (χ3n) is 8.00. The van der Waals surface area contributed by atoms with Gasteiger partial charge in [-0.25, -0.2) is 0 Å². The molecule has 1 aromatic heterocycles. The molecule has 0 aliphatic carbocycles. The minimum Gasteiger partial charge on any atom is -0.497 e. The molecular formula is C32H32N4O4. The van der Waals surface area contributed by atoms with E-state index in [1.165, 1.54) is 0 Å². The van der Waals surface area contributed by atoms with Crippen molar-refractivity contribution >= 4 is 28.6 Å². The lowest BCUT2D eigenvalue weighted by molar-refractivity contribution is -0.133. The Kier molecular flexibility index (Phi) is 6.54. The number of nitrogens with one attached hydrogen (secondary N) is 3. The van der Waals surface area contributed by atoms with Crippen molar-refractivity contribution < 1.29 is 19.1 Å². The Balaban J connectivity index is 1.29. The van der Waals surface area contributed by atoms with E-state index in [9.17, 15) is 14.4 Å². The summed E-state index contributed by atoms with van der Waals surface area (Å²) in [6.07, 6.45) is 0.359. The smallest absolute Gasteiger partial charge is 0.255 e. The first-order valence-electron chi connectivity index (χ1n) is 13.6. The molecule has 2 aliphatic rings. The fraction of sp³-hybridized carbons (Fsp3) is 0.281. The van der Waals surface area contributed by atoms with Crippen molar-refractivity contribution in [2.75, 3.05) is 7.11 Å². The van der Waals surface area contributed by atoms with Crippen LogP contribution in [0, 0.1) is 5.92 Å². The normalized spacial score (nSPS) is 18.2. The van der Waals surface area contributed by atoms with Crippen LogP contribution in [-0.2, 0) is 22.6 Å². The van der Waals surface area contributed by atoms with Gasteiger partial charge in [-0.3, -0.25) is 14.4 Å². The van der Waals surface area contributed by atoms with Crippen molar-refractivity contribution in [1.82, 2.24) is 20.5 Å². The van der Waals surface area contributed by atoms with Crippen LogP contribution < -0.4 is 15.4 Å². The second-order valence-corrected chi connectivity index (χ2v) is 10.8. The van der Waals surface area contributed by atoms with Gasteiger partial charge in [0.1, 0.15) is 17.8 Å². The molecule has 0 spiro atoms. The quantitative estimate of drug-likeness (QED) is 0.331. The first-order valence-corrected chi connectivity index (χ1v) is 13.6. The summed E-state index contributed by atoms with van der Waals surface area (Å²) in [6.45, 7) is 4.10. The average Bonchev–Trinajstić information content (AvgIpc) is 3.49. The first-order chi connectivity index (χ1) is 19.4. The zero-order chi connectivity index (χ0) is 28.0. The largest absolute Gasteiger partial charge is 0.497 e. The molecule has 204 valence electrons. The van der Waals surface area contributed by atoms with Crippen molar-refractivity contribution in [3.05, 3.63) is 101 Å². The summed E-state index contributed by atoms with van der Waals surface area (Å²) in [4.78, 5) is 46.2. The molecule has 3 aromatic carbocycles. The average molecular weight is 537 g/mol. The highest BCUT2D eigenvalue weighted by Crippen LogP contribution is 2.46. The standard InChI is InChI=1S/C32H32N4O4/c1-18(2)27(31(38)33-17-19-9-8-10-20(15-19)40-3)35-30(37)26-16-24-21-11-6-7-14-25(21)34-28(24)29-22-12-4-5-13-23(22)32(39)36(26)29/h4-15,18,26-27,29,34H,16-17H2,1-3H3,(H,33,38)(H,35,37)/t26-,27+,29+/m0/s1. The monoisotopic (exact) mass is 536 g/mol. The van der Waals surface area contributed by atoms with Crippen molar-refractivity contribution in [1.29, 1.82) is 0 Å². The number of aromatic nitrogens is 1. The molecule has 0 fully saturated rings. The zero-order valence-corrected chi connectivity index (χ0v) is 22.7. The molecule has 3 N–H and O–H groups in total. The van der Waals surface area contributed by atoms with E-state index in [4.69, 9.17) is 4.74 Å². The van der Waals surface area contributed by atoms with Crippen LogP contribution in [0.4, 0.5) is 0 Å². The molecule has 3 heterocycles. The van der Waals surface area contributed by atoms with Crippen molar-refractivity contribution in [3.63, 3.8) is 0 Å². The molecule has 3 atom stereocenters. The fourth-order valence-corrected chi connectivity index (χ4v) is 6.00. The Morgan fingerprint density at radius 1 is 1.05 bits per heavy atom. The van der Waals surface area contributed by atoms with Crippen LogP contribution in [0.5, 0.6) is 5.75 Å². The molecule has 40 heavy (non-hydrogen) atoms. The summed E-state index contributed by atoms with van der Waals surface area (Å²) in [5.41, 5.74) is 5.33. The molecule has 0 bridgehead atoms. The number of aromatic amines is 1. The topological polar surface area (TPSA) is 104 Å². The van der Waals surface area contributed by atoms with E-state index in [2.05, 4.69) is 15.6 Å². The minimum atomic E-state index is -0.763. The molecule has 8 nitrogen and oxygen atoms in total. The lowest BCUT2D eigenvalue weighted by Gasteiger charge is -2.38. The number of nitrogens with zero attached hydrogens (tertiary/aromatic N) is 1. The number of benzene rings is 3. The minimum absolute atomic E-state index is 0.163. The van der Waals surface area contributed by atoms with Gasteiger partial charge in [-0.1, -0.05) is 62.4 Å². The SMILES string of the molecule is COc1cccc(CNC(=O)[C@H](NC(=O)[C@@H]2Cc3c([nH]c4ccccc34)[C@H]3c4ccccc4C(=O)N32)C(C)C)c1. The number of rotatable bonds is 7. The van der Waals surface area contributed by atoms with E-state index >= 15 is 0 Å². The van der Waals surface area contributed by atoms with Gasteiger partial charge in [0, 0.05) is 35.1 Å². The van der Waals surface area contributed by atoms with Gasteiger partial charge < -0.3 is 25.3 Å². The predicted molar refractivity (Wildman–Crippen MR) is 152 cm³/mol. The molecule has 0 saturated heterocycles. The van der Waals surface area contributed by atoms with E-state index in [1.54, 1.807) is 12.0 Å². The van der Waals surface area contributed by atoms with Crippen LogP contribution in [0.2, 0.25) is 0 Å². The number of hydrogen-bond acceptors (Lipinski definition) is 4. The van der Waals surface area contributed by atoms with Crippen LogP contribution in [0.1, 0.15) is 52.6 Å². The maximum Gasteiger partial charge on any atom is 0.255 e. The highest BCUT2D eigenvalue weighted by atomic mass is 16.5. The highest BCUT2D eigenvalue weighted by Gasteiger charge is 2.49. The highest BCUT2D eigenvalue weighted by molar-refractivity contribution is 6.04. The van der Waals surface area contributed by atoms with E-state index in [1.807, 2.05) is 86.6 Å². The Bertz CT molecular complexity index is 1620. The summed E-state index contributed by atoms with van der Waals surface area (Å²) >= 11 is 0. The summed E-state index contributed by atoms with van der Waals surface area (Å²) in [6, 6.07) is 21.1. The van der Waals surface area contributed by atoms with E-state index in [0.717, 1.165) is 33.3 Å². The Labute approximate surface area is 232 Å². The molecule has 8 heteroatoms. The van der Waals surface area contributed by atoms with Crippen molar-refractivity contribution in [2.24, 2.45) is 5.92 Å². The fourth-order valence-electron chi connectivity index (χ4n) is 6.00. The second-order valence-electron chi connectivity index (χ2n) is 10.8. The van der Waals surface area contributed by atoms with Crippen LogP contribution in [-0.4, -0.2) is 46.8 Å². The van der Waals surface area contributed by atoms with Crippen LogP contribution in [0.3, 0.4) is 0 Å². The van der Waals surface area contributed by atoms with Crippen molar-refractivity contribution in [3.8, 4) is 5.75 Å². The Hall–Kier alpha value is -4.59. The van der Waals surface area contributed by atoms with Crippen LogP contribution >= 0.6 is 0 Å². The molecule has 4 aromatic rings. The summed E-state index contributed by atoms with van der Waals surface area (Å²) in [5.74, 6) is -0.239. The Morgan fingerprint density at radius 3 is 2.62 bits per heavy atom. The molecule has 6 rings (SSSR count). The first kappa shape index (κ1) is 25.7. The number of carbonyl (C=O) groups is 3. The lowest BCUT2D eigenvalue weighted by Crippen LogP contribution is -2.57. The predicted octanol–water partition coefficient (Wildman–Crippen LogP) is 4.10. The number of carbonyl (C=O) groups excluding carboxylic acids is 3. The van der Waals surface area contributed by atoms with E-state index in [-0.39, 0.29) is 23.6 Å². The van der Waals surface area contributed by atoms with Crippen molar-refractivity contribution in [2.45, 2.75) is 44.9 Å². The number of amides is 3. The molecule has 3 amide bonds. The third-order valence-corrected chi connectivity index (χ3v) is 8.00. The lowest BCUT2D eigenvalue weighted by atomic mass is 9.89. The molecule has 0 unspecified atom stereocenters.